The summed E-state index contributed by atoms with van der Waals surface area (Å²) < 4.78 is 13.4. The van der Waals surface area contributed by atoms with E-state index >= 15 is 0 Å². The fourth-order valence-corrected chi connectivity index (χ4v) is 1.49. The summed E-state index contributed by atoms with van der Waals surface area (Å²) in [4.78, 5) is 8.13. The molecule has 1 aliphatic heterocycles. The first-order chi connectivity index (χ1) is 6.38. The summed E-state index contributed by atoms with van der Waals surface area (Å²) in [6.07, 6.45) is 3.88. The molecule has 0 N–H and O–H groups in total. The second-order valence-corrected chi connectivity index (χ2v) is 3.12. The molecule has 1 atom stereocenters. The van der Waals surface area contributed by atoms with E-state index in [1.165, 1.54) is 0 Å². The van der Waals surface area contributed by atoms with E-state index in [0.717, 1.165) is 18.5 Å². The maximum absolute atomic E-state index is 13.4. The number of rotatable bonds is 1. The van der Waals surface area contributed by atoms with Gasteiger partial charge in [0.05, 0.1) is 5.71 Å². The molecule has 2 rings (SSSR count). The molecule has 0 fully saturated rings. The lowest BCUT2D eigenvalue weighted by molar-refractivity contribution is 0.384. The SMILES string of the molecule is FC1CCCN=C1c1cccnc1. The minimum Gasteiger partial charge on any atom is -0.286 e. The summed E-state index contributed by atoms with van der Waals surface area (Å²) in [6, 6.07) is 3.66. The van der Waals surface area contributed by atoms with Crippen LogP contribution >= 0.6 is 0 Å². The Morgan fingerprint density at radius 2 is 2.38 bits per heavy atom. The molecule has 13 heavy (non-hydrogen) atoms. The predicted molar refractivity (Wildman–Crippen MR) is 49.8 cm³/mol. The van der Waals surface area contributed by atoms with Crippen LogP contribution in [0.3, 0.4) is 0 Å². The third-order valence-corrected chi connectivity index (χ3v) is 2.15. The lowest BCUT2D eigenvalue weighted by Crippen LogP contribution is -2.21. The lowest BCUT2D eigenvalue weighted by atomic mass is 10.0. The zero-order chi connectivity index (χ0) is 9.10. The first kappa shape index (κ1) is 8.35. The molecule has 3 heteroatoms. The number of pyridine rings is 1. The normalized spacial score (nSPS) is 22.5. The van der Waals surface area contributed by atoms with Crippen molar-refractivity contribution in [3.8, 4) is 0 Å². The molecule has 0 saturated carbocycles. The van der Waals surface area contributed by atoms with Crippen LogP contribution in [0, 0.1) is 0 Å². The van der Waals surface area contributed by atoms with Crippen LogP contribution in [0.25, 0.3) is 0 Å². The molecule has 0 saturated heterocycles. The summed E-state index contributed by atoms with van der Waals surface area (Å²) in [5.74, 6) is 0. The lowest BCUT2D eigenvalue weighted by Gasteiger charge is -2.15. The zero-order valence-electron chi connectivity index (χ0n) is 7.28. The minimum atomic E-state index is -0.905. The Morgan fingerprint density at radius 3 is 3.08 bits per heavy atom. The third-order valence-electron chi connectivity index (χ3n) is 2.15. The van der Waals surface area contributed by atoms with Crippen LogP contribution in [-0.4, -0.2) is 23.4 Å². The Balaban J connectivity index is 2.30. The van der Waals surface area contributed by atoms with Gasteiger partial charge in [0.1, 0.15) is 6.17 Å². The van der Waals surface area contributed by atoms with Crippen molar-refractivity contribution in [1.29, 1.82) is 0 Å². The number of hydrogen-bond acceptors (Lipinski definition) is 2. The van der Waals surface area contributed by atoms with Gasteiger partial charge in [0.25, 0.3) is 0 Å². The molecular formula is C10H11FN2. The predicted octanol–water partition coefficient (Wildman–Crippen LogP) is 2.00. The van der Waals surface area contributed by atoms with Crippen molar-refractivity contribution >= 4 is 5.71 Å². The van der Waals surface area contributed by atoms with Crippen molar-refractivity contribution in [2.24, 2.45) is 4.99 Å². The fourth-order valence-electron chi connectivity index (χ4n) is 1.49. The van der Waals surface area contributed by atoms with Gasteiger partial charge in [-0.3, -0.25) is 9.98 Å². The summed E-state index contributed by atoms with van der Waals surface area (Å²) in [6.45, 7) is 0.741. The molecule has 0 bridgehead atoms. The van der Waals surface area contributed by atoms with E-state index in [9.17, 15) is 4.39 Å². The van der Waals surface area contributed by atoms with E-state index in [-0.39, 0.29) is 0 Å². The Labute approximate surface area is 76.5 Å². The largest absolute Gasteiger partial charge is 0.286 e. The number of alkyl halides is 1. The van der Waals surface area contributed by atoms with Crippen molar-refractivity contribution in [3.05, 3.63) is 30.1 Å². The second kappa shape index (κ2) is 3.64. The molecule has 1 unspecified atom stereocenters. The zero-order valence-corrected chi connectivity index (χ0v) is 7.28. The third kappa shape index (κ3) is 1.74. The van der Waals surface area contributed by atoms with Crippen molar-refractivity contribution < 1.29 is 4.39 Å². The molecule has 0 spiro atoms. The van der Waals surface area contributed by atoms with Gasteiger partial charge in [-0.25, -0.2) is 4.39 Å². The van der Waals surface area contributed by atoms with Crippen LogP contribution in [0.15, 0.2) is 29.5 Å². The number of hydrogen-bond donors (Lipinski definition) is 0. The van der Waals surface area contributed by atoms with E-state index in [0.29, 0.717) is 12.1 Å². The summed E-state index contributed by atoms with van der Waals surface area (Å²) >= 11 is 0. The Hall–Kier alpha value is -1.25. The molecule has 0 aromatic carbocycles. The highest BCUT2D eigenvalue weighted by Gasteiger charge is 2.19. The first-order valence-electron chi connectivity index (χ1n) is 4.47. The van der Waals surface area contributed by atoms with Crippen LogP contribution in [0.2, 0.25) is 0 Å². The molecule has 1 aromatic heterocycles. The topological polar surface area (TPSA) is 25.2 Å². The minimum absolute atomic E-state index is 0.569. The average molecular weight is 178 g/mol. The summed E-state index contributed by atoms with van der Waals surface area (Å²) in [5.41, 5.74) is 1.38. The molecule has 1 aromatic rings. The number of aliphatic imine (C=N–C) groups is 1. The van der Waals surface area contributed by atoms with Gasteiger partial charge in [-0.1, -0.05) is 0 Å². The quantitative estimate of drug-likeness (QED) is 0.645. The first-order valence-corrected chi connectivity index (χ1v) is 4.47. The standard InChI is InChI=1S/C10H11FN2/c11-9-4-2-6-13-10(9)8-3-1-5-12-7-8/h1,3,5,7,9H,2,4,6H2. The van der Waals surface area contributed by atoms with Crippen LogP contribution in [0.4, 0.5) is 4.39 Å². The highest BCUT2D eigenvalue weighted by molar-refractivity contribution is 6.03. The van der Waals surface area contributed by atoms with Crippen LogP contribution in [0.1, 0.15) is 18.4 Å². The Bertz CT molecular complexity index is 308. The van der Waals surface area contributed by atoms with Gasteiger partial charge in [0.2, 0.25) is 0 Å². The van der Waals surface area contributed by atoms with Gasteiger partial charge in [-0.2, -0.15) is 0 Å². The second-order valence-electron chi connectivity index (χ2n) is 3.12. The molecule has 0 amide bonds. The average Bonchev–Trinajstić information content (AvgIpc) is 2.20. The molecular weight excluding hydrogens is 167 g/mol. The molecule has 0 aliphatic carbocycles. The van der Waals surface area contributed by atoms with E-state index < -0.39 is 6.17 Å². The number of nitrogens with zero attached hydrogens (tertiary/aromatic N) is 2. The van der Waals surface area contributed by atoms with Gasteiger partial charge in [0.15, 0.2) is 0 Å². The van der Waals surface area contributed by atoms with Crippen LogP contribution < -0.4 is 0 Å². The van der Waals surface area contributed by atoms with Crippen molar-refractivity contribution in [2.45, 2.75) is 19.0 Å². The number of halogens is 1. The van der Waals surface area contributed by atoms with E-state index in [1.54, 1.807) is 18.5 Å². The maximum atomic E-state index is 13.4. The van der Waals surface area contributed by atoms with E-state index in [2.05, 4.69) is 9.98 Å². The van der Waals surface area contributed by atoms with Crippen molar-refractivity contribution in [1.82, 2.24) is 4.98 Å². The molecule has 1 aliphatic rings. The van der Waals surface area contributed by atoms with Gasteiger partial charge in [-0.05, 0) is 25.0 Å². The molecule has 2 heterocycles. The van der Waals surface area contributed by atoms with Gasteiger partial charge in [0, 0.05) is 24.5 Å². The van der Waals surface area contributed by atoms with E-state index in [4.69, 9.17) is 0 Å². The van der Waals surface area contributed by atoms with Crippen molar-refractivity contribution in [2.75, 3.05) is 6.54 Å². The molecule has 68 valence electrons. The van der Waals surface area contributed by atoms with Gasteiger partial charge < -0.3 is 0 Å². The van der Waals surface area contributed by atoms with E-state index in [1.807, 2.05) is 6.07 Å². The van der Waals surface area contributed by atoms with Crippen LogP contribution in [-0.2, 0) is 0 Å². The fraction of sp³-hybridized carbons (Fsp3) is 0.400. The summed E-state index contributed by atoms with van der Waals surface area (Å²) in [7, 11) is 0. The smallest absolute Gasteiger partial charge is 0.142 e. The van der Waals surface area contributed by atoms with Gasteiger partial charge in [-0.15, -0.1) is 0 Å². The van der Waals surface area contributed by atoms with Gasteiger partial charge >= 0.3 is 0 Å². The van der Waals surface area contributed by atoms with Crippen molar-refractivity contribution in [3.63, 3.8) is 0 Å². The monoisotopic (exact) mass is 178 g/mol. The highest BCUT2D eigenvalue weighted by atomic mass is 19.1. The maximum Gasteiger partial charge on any atom is 0.142 e. The molecule has 0 radical (unpaired) electrons. The Morgan fingerprint density at radius 1 is 1.46 bits per heavy atom. The van der Waals surface area contributed by atoms with Crippen LogP contribution in [0.5, 0.6) is 0 Å². The highest BCUT2D eigenvalue weighted by Crippen LogP contribution is 2.16. The Kier molecular flexibility index (Phi) is 2.34. The summed E-state index contributed by atoms with van der Waals surface area (Å²) in [5, 5.41) is 0. The number of aromatic nitrogens is 1. The molecule has 2 nitrogen and oxygen atoms in total.